The van der Waals surface area contributed by atoms with E-state index in [1.807, 2.05) is 13.8 Å². The molecule has 0 aliphatic carbocycles. The lowest BCUT2D eigenvalue weighted by Crippen LogP contribution is -2.08. The van der Waals surface area contributed by atoms with Crippen molar-refractivity contribution in [1.29, 1.82) is 5.26 Å². The van der Waals surface area contributed by atoms with Gasteiger partial charge in [0.15, 0.2) is 0 Å². The molecule has 20 heavy (non-hydrogen) atoms. The summed E-state index contributed by atoms with van der Waals surface area (Å²) in [6.07, 6.45) is 5.25. The normalized spacial score (nSPS) is 11.7. The first kappa shape index (κ1) is 14.6. The maximum absolute atomic E-state index is 9.02. The van der Waals surface area contributed by atoms with Crippen molar-refractivity contribution < 1.29 is 0 Å². The minimum atomic E-state index is -0.207. The van der Waals surface area contributed by atoms with Crippen LogP contribution >= 0.6 is 0 Å². The standard InChI is InChI=1S/C17H23N3/c1-17(2,13-19)9-3-4-10-20-11-8-14-6-5-7-15(12-18)16(14)20/h5-8,11H,3-4,9-10,12,18H2,1-2H3. The van der Waals surface area contributed by atoms with Gasteiger partial charge in [0.05, 0.1) is 17.0 Å². The quantitative estimate of drug-likeness (QED) is 0.810. The van der Waals surface area contributed by atoms with Crippen molar-refractivity contribution in [3.63, 3.8) is 0 Å². The van der Waals surface area contributed by atoms with Crippen molar-refractivity contribution in [3.05, 3.63) is 36.0 Å². The largest absolute Gasteiger partial charge is 0.347 e. The number of nitrogens with two attached hydrogens (primary N) is 1. The maximum Gasteiger partial charge on any atom is 0.0683 e. The molecule has 0 amide bonds. The molecule has 1 aromatic heterocycles. The summed E-state index contributed by atoms with van der Waals surface area (Å²) < 4.78 is 2.29. The number of rotatable bonds is 6. The Morgan fingerprint density at radius 2 is 2.05 bits per heavy atom. The van der Waals surface area contributed by atoms with Crippen LogP contribution in [-0.4, -0.2) is 4.57 Å². The molecule has 2 N–H and O–H groups in total. The van der Waals surface area contributed by atoms with Gasteiger partial charge in [0.25, 0.3) is 0 Å². The summed E-state index contributed by atoms with van der Waals surface area (Å²) in [6, 6.07) is 10.8. The monoisotopic (exact) mass is 269 g/mol. The third kappa shape index (κ3) is 3.20. The summed E-state index contributed by atoms with van der Waals surface area (Å²) in [5, 5.41) is 10.3. The second kappa shape index (κ2) is 6.11. The first-order chi connectivity index (χ1) is 9.57. The molecule has 3 heteroatoms. The molecule has 0 fully saturated rings. The number of benzene rings is 1. The molecule has 0 unspecified atom stereocenters. The van der Waals surface area contributed by atoms with Crippen LogP contribution < -0.4 is 5.73 Å². The van der Waals surface area contributed by atoms with Crippen LogP contribution in [-0.2, 0) is 13.1 Å². The lowest BCUT2D eigenvalue weighted by Gasteiger charge is -2.15. The van der Waals surface area contributed by atoms with Gasteiger partial charge in [-0.25, -0.2) is 0 Å². The third-order valence-corrected chi connectivity index (χ3v) is 3.85. The average molecular weight is 269 g/mol. The van der Waals surface area contributed by atoms with E-state index in [0.29, 0.717) is 6.54 Å². The van der Waals surface area contributed by atoms with E-state index in [1.54, 1.807) is 0 Å². The van der Waals surface area contributed by atoms with E-state index in [1.165, 1.54) is 16.5 Å². The number of aryl methyl sites for hydroxylation is 1. The zero-order valence-electron chi connectivity index (χ0n) is 12.4. The fourth-order valence-corrected chi connectivity index (χ4v) is 2.60. The zero-order valence-corrected chi connectivity index (χ0v) is 12.4. The molecule has 0 aliphatic rings. The lowest BCUT2D eigenvalue weighted by molar-refractivity contribution is 0.418. The van der Waals surface area contributed by atoms with Crippen LogP contribution in [0.3, 0.4) is 0 Å². The number of hydrogen-bond acceptors (Lipinski definition) is 2. The van der Waals surface area contributed by atoms with Gasteiger partial charge in [-0.15, -0.1) is 0 Å². The Morgan fingerprint density at radius 3 is 2.75 bits per heavy atom. The summed E-state index contributed by atoms with van der Waals surface area (Å²) >= 11 is 0. The van der Waals surface area contributed by atoms with Crippen LogP contribution in [0.1, 0.15) is 38.7 Å². The molecular weight excluding hydrogens is 246 g/mol. The first-order valence-corrected chi connectivity index (χ1v) is 7.25. The molecule has 0 bridgehead atoms. The molecule has 0 atom stereocenters. The van der Waals surface area contributed by atoms with Gasteiger partial charge in [-0.1, -0.05) is 24.6 Å². The number of unbranched alkanes of at least 4 members (excludes halogenated alkanes) is 1. The fraction of sp³-hybridized carbons (Fsp3) is 0.471. The van der Waals surface area contributed by atoms with Crippen molar-refractivity contribution in [2.75, 3.05) is 0 Å². The molecule has 0 saturated heterocycles. The predicted octanol–water partition coefficient (Wildman–Crippen LogP) is 3.82. The number of nitrogens with zero attached hydrogens (tertiary/aromatic N) is 2. The van der Waals surface area contributed by atoms with Crippen LogP contribution in [0.5, 0.6) is 0 Å². The van der Waals surface area contributed by atoms with Gasteiger partial charge in [0, 0.05) is 19.3 Å². The lowest BCUT2D eigenvalue weighted by atomic mass is 9.89. The molecule has 0 radical (unpaired) electrons. The Labute approximate surface area is 121 Å². The smallest absolute Gasteiger partial charge is 0.0683 e. The summed E-state index contributed by atoms with van der Waals surface area (Å²) in [4.78, 5) is 0. The minimum absolute atomic E-state index is 0.207. The SMILES string of the molecule is CC(C)(C#N)CCCCn1ccc2cccc(CN)c21. The Bertz CT molecular complexity index is 617. The molecule has 0 aliphatic heterocycles. The number of para-hydroxylation sites is 1. The third-order valence-electron chi connectivity index (χ3n) is 3.85. The highest BCUT2D eigenvalue weighted by Gasteiger charge is 2.15. The van der Waals surface area contributed by atoms with Gasteiger partial charge in [-0.05, 0) is 43.7 Å². The molecule has 1 aromatic carbocycles. The molecule has 2 rings (SSSR count). The average Bonchev–Trinajstić information content (AvgIpc) is 2.87. The van der Waals surface area contributed by atoms with E-state index in [0.717, 1.165) is 25.8 Å². The number of hydrogen-bond donors (Lipinski definition) is 1. The summed E-state index contributed by atoms with van der Waals surface area (Å²) in [7, 11) is 0. The molecule has 3 nitrogen and oxygen atoms in total. The van der Waals surface area contributed by atoms with Gasteiger partial charge >= 0.3 is 0 Å². The van der Waals surface area contributed by atoms with Crippen LogP contribution in [0, 0.1) is 16.7 Å². The van der Waals surface area contributed by atoms with Crippen LogP contribution in [0.2, 0.25) is 0 Å². The summed E-state index contributed by atoms with van der Waals surface area (Å²) in [5.74, 6) is 0. The number of fused-ring (bicyclic) bond motifs is 1. The van der Waals surface area contributed by atoms with Gasteiger partial charge in [-0.3, -0.25) is 0 Å². The van der Waals surface area contributed by atoms with E-state index in [9.17, 15) is 0 Å². The van der Waals surface area contributed by atoms with Crippen molar-refractivity contribution in [3.8, 4) is 6.07 Å². The zero-order chi connectivity index (χ0) is 14.6. The van der Waals surface area contributed by atoms with E-state index in [2.05, 4.69) is 41.1 Å². The van der Waals surface area contributed by atoms with Gasteiger partial charge in [0.2, 0.25) is 0 Å². The summed E-state index contributed by atoms with van der Waals surface area (Å²) in [6.45, 7) is 5.57. The molecule has 0 spiro atoms. The topological polar surface area (TPSA) is 54.7 Å². The van der Waals surface area contributed by atoms with E-state index in [4.69, 9.17) is 11.0 Å². The van der Waals surface area contributed by atoms with Gasteiger partial charge in [0.1, 0.15) is 0 Å². The molecule has 0 saturated carbocycles. The predicted molar refractivity (Wildman–Crippen MR) is 83.1 cm³/mol. The van der Waals surface area contributed by atoms with E-state index < -0.39 is 0 Å². The molecular formula is C17H23N3. The molecule has 106 valence electrons. The van der Waals surface area contributed by atoms with Crippen molar-refractivity contribution in [2.24, 2.45) is 11.1 Å². The first-order valence-electron chi connectivity index (χ1n) is 7.25. The highest BCUT2D eigenvalue weighted by atomic mass is 15.0. The number of aromatic nitrogens is 1. The van der Waals surface area contributed by atoms with Crippen LogP contribution in [0.25, 0.3) is 10.9 Å². The number of nitriles is 1. The highest BCUT2D eigenvalue weighted by Crippen LogP contribution is 2.24. The Kier molecular flexibility index (Phi) is 4.46. The van der Waals surface area contributed by atoms with E-state index >= 15 is 0 Å². The van der Waals surface area contributed by atoms with Crippen molar-refractivity contribution in [1.82, 2.24) is 4.57 Å². The molecule has 2 aromatic rings. The Hall–Kier alpha value is -1.79. The second-order valence-electron chi connectivity index (χ2n) is 6.02. The Morgan fingerprint density at radius 1 is 1.25 bits per heavy atom. The van der Waals surface area contributed by atoms with Crippen LogP contribution in [0.15, 0.2) is 30.5 Å². The second-order valence-corrected chi connectivity index (χ2v) is 6.02. The summed E-state index contributed by atoms with van der Waals surface area (Å²) in [5.41, 5.74) is 8.08. The Balaban J connectivity index is 2.02. The van der Waals surface area contributed by atoms with Gasteiger partial charge in [-0.2, -0.15) is 5.26 Å². The van der Waals surface area contributed by atoms with Crippen LogP contribution in [0.4, 0.5) is 0 Å². The van der Waals surface area contributed by atoms with Crippen molar-refractivity contribution in [2.45, 2.75) is 46.2 Å². The highest BCUT2D eigenvalue weighted by molar-refractivity contribution is 5.83. The van der Waals surface area contributed by atoms with E-state index in [-0.39, 0.29) is 5.41 Å². The van der Waals surface area contributed by atoms with Gasteiger partial charge < -0.3 is 10.3 Å². The molecule has 1 heterocycles. The van der Waals surface area contributed by atoms with Crippen molar-refractivity contribution >= 4 is 10.9 Å². The maximum atomic E-state index is 9.02. The minimum Gasteiger partial charge on any atom is -0.347 e. The fourth-order valence-electron chi connectivity index (χ4n) is 2.60.